The number of unbranched alkanes of at least 4 members (excludes halogenated alkanes) is 11. The van der Waals surface area contributed by atoms with Crippen LogP contribution >= 0.6 is 0 Å². The van der Waals surface area contributed by atoms with Crippen molar-refractivity contribution >= 4 is 24.2 Å². The summed E-state index contributed by atoms with van der Waals surface area (Å²) in [6.07, 6.45) is -43.3. The van der Waals surface area contributed by atoms with E-state index in [9.17, 15) is 116 Å². The Morgan fingerprint density at radius 1 is 0.540 bits per heavy atom. The molecule has 6 aliphatic heterocycles. The molecule has 0 aromatic heterocycles. The number of carboxylic acids is 1. The molecular weight excluding hydrogens is 1350 g/mol. The number of nitrogens with one attached hydrogen (secondary N) is 3. The highest BCUT2D eigenvalue weighted by Gasteiger charge is 2.62. The van der Waals surface area contributed by atoms with Gasteiger partial charge in [-0.3, -0.25) is 14.4 Å². The Hall–Kier alpha value is -3.58. The molecule has 6 saturated heterocycles. The van der Waals surface area contributed by atoms with Crippen LogP contribution in [0, 0.1) is 0 Å². The largest absolute Gasteiger partial charge is 0.477 e. The third-order valence-electron chi connectivity index (χ3n) is 18.6. The van der Waals surface area contributed by atoms with E-state index in [0.29, 0.717) is 12.8 Å². The number of hydrogen-bond donors (Lipinski definition) is 22. The fraction of sp³-hybridized carbons (Fsp3) is 0.903. The number of carboxylic acid groups (broad SMARTS) is 1. The Morgan fingerprint density at radius 2 is 1.02 bits per heavy atom. The smallest absolute Gasteiger partial charge is 0.364 e. The molecule has 38 heteroatoms. The van der Waals surface area contributed by atoms with Gasteiger partial charge in [0.15, 0.2) is 31.5 Å². The topological polar surface area (TPSA) is 600 Å². The molecule has 100 heavy (non-hydrogen) atoms. The summed E-state index contributed by atoms with van der Waals surface area (Å²) in [5, 5.41) is 217. The van der Waals surface area contributed by atoms with E-state index in [0.717, 1.165) is 39.5 Å². The van der Waals surface area contributed by atoms with Gasteiger partial charge in [0.25, 0.3) is 5.79 Å². The van der Waals surface area contributed by atoms with Crippen molar-refractivity contribution in [2.45, 2.75) is 313 Å². The lowest BCUT2D eigenvalue weighted by molar-refractivity contribution is -0.399. The lowest BCUT2D eigenvalue weighted by Gasteiger charge is -2.52. The molecule has 0 radical (unpaired) electrons. The summed E-state index contributed by atoms with van der Waals surface area (Å²) in [6, 6.07) is -4.80. The summed E-state index contributed by atoms with van der Waals surface area (Å²) in [6.45, 7) is -0.786. The maximum Gasteiger partial charge on any atom is 0.364 e. The monoisotopic (exact) mass is 1450 g/mol. The van der Waals surface area contributed by atoms with Crippen molar-refractivity contribution < 1.29 is 173 Å². The van der Waals surface area contributed by atoms with Gasteiger partial charge in [0.2, 0.25) is 18.2 Å². The molecule has 38 nitrogen and oxygen atoms in total. The first-order valence-electron chi connectivity index (χ1n) is 34.0. The minimum Gasteiger partial charge on any atom is -0.477 e. The number of allylic oxidation sites excluding steroid dienone is 1. The summed E-state index contributed by atoms with van der Waals surface area (Å²) >= 11 is 0. The Kier molecular flexibility index (Phi) is 34.8. The number of aliphatic hydroxyl groups is 18. The highest BCUT2D eigenvalue weighted by atomic mass is 16.8. The van der Waals surface area contributed by atoms with Crippen LogP contribution < -0.4 is 16.0 Å². The molecular formula is C62H107N3O35. The number of aliphatic carboxylic acids is 1. The van der Waals surface area contributed by atoms with Crippen molar-refractivity contribution in [3.8, 4) is 0 Å². The second kappa shape index (κ2) is 40.8. The first-order chi connectivity index (χ1) is 47.6. The lowest BCUT2D eigenvalue weighted by Crippen LogP contribution is -2.72. The van der Waals surface area contributed by atoms with Crippen LogP contribution in [0.1, 0.15) is 111 Å². The zero-order valence-corrected chi connectivity index (χ0v) is 56.2. The summed E-state index contributed by atoms with van der Waals surface area (Å²) in [7, 11) is 0. The predicted octanol–water partition coefficient (Wildman–Crippen LogP) is -8.82. The molecule has 6 aliphatic rings. The zero-order chi connectivity index (χ0) is 73.9. The van der Waals surface area contributed by atoms with Crippen LogP contribution in [0.2, 0.25) is 0 Å². The van der Waals surface area contributed by atoms with Crippen molar-refractivity contribution in [2.75, 3.05) is 39.6 Å². The third kappa shape index (κ3) is 21.8. The van der Waals surface area contributed by atoms with E-state index in [1.165, 1.54) is 57.9 Å². The second-order valence-electron chi connectivity index (χ2n) is 26.1. The van der Waals surface area contributed by atoms with Crippen molar-refractivity contribution in [1.29, 1.82) is 0 Å². The molecule has 6 heterocycles. The fourth-order valence-electron chi connectivity index (χ4n) is 12.9. The average Bonchev–Trinajstić information content (AvgIpc) is 0.779. The van der Waals surface area contributed by atoms with Crippen LogP contribution in [-0.2, 0) is 76.0 Å². The summed E-state index contributed by atoms with van der Waals surface area (Å²) < 4.78 is 71.1. The number of ether oxygens (including phenoxy) is 12. The minimum absolute atomic E-state index is 0.317. The molecule has 6 rings (SSSR count). The zero-order valence-electron chi connectivity index (χ0n) is 56.2. The Bertz CT molecular complexity index is 2470. The fourth-order valence-corrected chi connectivity index (χ4v) is 12.9. The summed E-state index contributed by atoms with van der Waals surface area (Å²) in [4.78, 5) is 50.5. The maximum absolute atomic E-state index is 13.4. The van der Waals surface area contributed by atoms with Gasteiger partial charge in [-0.2, -0.15) is 0 Å². The number of carbonyl (C=O) groups is 4. The first-order valence-corrected chi connectivity index (χ1v) is 34.0. The quantitative estimate of drug-likeness (QED) is 0.0154. The molecule has 0 unspecified atom stereocenters. The van der Waals surface area contributed by atoms with Crippen LogP contribution in [0.5, 0.6) is 0 Å². The van der Waals surface area contributed by atoms with Gasteiger partial charge in [-0.05, 0) is 19.8 Å². The Morgan fingerprint density at radius 3 is 1.57 bits per heavy atom. The number of rotatable bonds is 39. The minimum atomic E-state index is -3.27. The van der Waals surface area contributed by atoms with E-state index in [-0.39, 0.29) is 0 Å². The molecule has 0 bridgehead atoms. The molecule has 6 fully saturated rings. The summed E-state index contributed by atoms with van der Waals surface area (Å²) in [5.41, 5.74) is 0. The summed E-state index contributed by atoms with van der Waals surface area (Å²) in [5.74, 6) is -7.21. The Balaban J connectivity index is 1.23. The van der Waals surface area contributed by atoms with Crippen LogP contribution in [0.4, 0.5) is 0 Å². The maximum atomic E-state index is 13.4. The molecule has 580 valence electrons. The van der Waals surface area contributed by atoms with Gasteiger partial charge in [0.05, 0.1) is 70.0 Å². The van der Waals surface area contributed by atoms with Crippen molar-refractivity contribution in [1.82, 2.24) is 16.0 Å². The van der Waals surface area contributed by atoms with Gasteiger partial charge in [-0.15, -0.1) is 0 Å². The van der Waals surface area contributed by atoms with Gasteiger partial charge >= 0.3 is 5.97 Å². The number of aliphatic hydroxyl groups excluding tert-OH is 18. The van der Waals surface area contributed by atoms with Crippen LogP contribution in [0.25, 0.3) is 0 Å². The standard InChI is InChI=1S/C62H107N3O35/c1-5-6-7-8-9-10-11-12-13-14-15-16-17-18-31(74)30(63-26-71)25-89-57-47(84)45(82)50(36(23-69)94-57)95-59-48(85)54(42(79)34(21-67)91-59)98-56-39(65-29(4)73)53(97-58-46(83)44(81)40(77)27(2)90-58)51(37(24-70)93-56)96-60-49(86)55(43(80)35(22-68)92-60)100-62(61(87)88)19-32(75)38(64-28(3)72)52(99-62)41(78)33(76)20-66/h17-18,26-27,30-60,66-70,74-86H,5-16,19-25H2,1-4H3,(H,63,71)(H,64,72)(H,65,73)(H,87,88)/b18-17+/t27-,30-,31+,32-,33+,34+,35+,36+,37+,38+,39+,40+,41+,42-,43-,44+,45+,46-,47+,48+,49+,50+,51+,52+,53+,54-,55-,56-,57+,58-,59-,60-,62-/m0/s1. The van der Waals surface area contributed by atoms with Crippen molar-refractivity contribution in [3.63, 3.8) is 0 Å². The molecule has 33 atom stereocenters. The van der Waals surface area contributed by atoms with E-state index in [1.807, 2.05) is 0 Å². The van der Waals surface area contributed by atoms with Gasteiger partial charge in [0.1, 0.15) is 134 Å². The van der Waals surface area contributed by atoms with Crippen LogP contribution in [0.15, 0.2) is 12.2 Å². The van der Waals surface area contributed by atoms with Crippen molar-refractivity contribution in [3.05, 3.63) is 12.2 Å². The highest BCUT2D eigenvalue weighted by Crippen LogP contribution is 2.41. The second-order valence-corrected chi connectivity index (χ2v) is 26.1. The number of hydrogen-bond acceptors (Lipinski definition) is 34. The third-order valence-corrected chi connectivity index (χ3v) is 18.6. The number of amides is 3. The van der Waals surface area contributed by atoms with Crippen molar-refractivity contribution in [2.24, 2.45) is 0 Å². The molecule has 0 spiro atoms. The van der Waals surface area contributed by atoms with Crippen LogP contribution in [0.3, 0.4) is 0 Å². The van der Waals surface area contributed by atoms with E-state index < -0.39 is 266 Å². The van der Waals surface area contributed by atoms with E-state index in [2.05, 4.69) is 22.9 Å². The number of carbonyl (C=O) groups excluding carboxylic acids is 3. The average molecular weight is 1450 g/mol. The van der Waals surface area contributed by atoms with Gasteiger partial charge in [0, 0.05) is 20.3 Å². The molecule has 22 N–H and O–H groups in total. The van der Waals surface area contributed by atoms with E-state index >= 15 is 0 Å². The van der Waals surface area contributed by atoms with E-state index in [1.54, 1.807) is 6.08 Å². The Labute approximate surface area is 576 Å². The molecule has 0 saturated carbocycles. The normalized spacial score (nSPS) is 40.8. The molecule has 0 aromatic carbocycles. The first kappa shape index (κ1) is 85.3. The van der Waals surface area contributed by atoms with Crippen LogP contribution in [-0.4, -0.2) is 363 Å². The molecule has 3 amide bonds. The van der Waals surface area contributed by atoms with Gasteiger partial charge in [-0.1, -0.05) is 83.3 Å². The van der Waals surface area contributed by atoms with Gasteiger partial charge in [-0.25, -0.2) is 4.79 Å². The SMILES string of the molecule is CCCCCCCCCCCCC/C=C/[C@@H](O)[C@H](CO[C@@H]1O[C@H](CO)[C@@H](O[C@@H]2O[C@H](CO)[C@H](O)[C@H](O[C@@H]3O[C@H](CO)[C@@H](O[C@@H]4O[C@H](CO)[C@H](O)[C@H](O[C@]5(C(=O)O)C[C@H](O)[C@@H](NC(C)=O)[C@H]([C@H](O)[C@H](O)CO)O5)[C@H]4O)[C@H](O[C@@H]4O[C@@H](C)[C@@H](O)[C@@H](O)[C@@H]4O)[C@H]3NC(C)=O)[C@H]2O)[C@H](O)[C@H]1O)NC=O. The molecule has 0 aromatic rings. The van der Waals surface area contributed by atoms with Gasteiger partial charge < -0.3 is 170 Å². The van der Waals surface area contributed by atoms with E-state index in [4.69, 9.17) is 56.8 Å². The highest BCUT2D eigenvalue weighted by molar-refractivity contribution is 5.77. The lowest BCUT2D eigenvalue weighted by atomic mass is 9.88. The molecule has 0 aliphatic carbocycles. The predicted molar refractivity (Wildman–Crippen MR) is 331 cm³/mol.